The number of rotatable bonds is 11. The van der Waals surface area contributed by atoms with Crippen LogP contribution in [-0.4, -0.2) is 15.5 Å². The lowest BCUT2D eigenvalue weighted by Crippen LogP contribution is -2.22. The average molecular weight is 487 g/mol. The maximum atomic E-state index is 12.1. The Labute approximate surface area is 216 Å². The molecule has 0 unspecified atom stereocenters. The van der Waals surface area contributed by atoms with Crippen molar-refractivity contribution in [2.24, 2.45) is 11.7 Å². The Bertz CT molecular complexity index is 1170. The summed E-state index contributed by atoms with van der Waals surface area (Å²) in [6, 6.07) is 8.62. The van der Waals surface area contributed by atoms with E-state index in [-0.39, 0.29) is 5.91 Å². The topological polar surface area (TPSA) is 72.9 Å². The van der Waals surface area contributed by atoms with Crippen LogP contribution < -0.4 is 11.1 Å². The molecule has 1 amide bonds. The molecule has 36 heavy (non-hydrogen) atoms. The number of hydrogen-bond donors (Lipinski definition) is 2. The fraction of sp³-hybridized carbons (Fsp3) is 0.484. The summed E-state index contributed by atoms with van der Waals surface area (Å²) in [6.07, 6.45) is 13.0. The minimum Gasteiger partial charge on any atom is -0.397 e. The van der Waals surface area contributed by atoms with Crippen molar-refractivity contribution < 1.29 is 4.79 Å². The second-order valence-corrected chi connectivity index (χ2v) is 10.7. The van der Waals surface area contributed by atoms with E-state index in [1.54, 1.807) is 0 Å². The van der Waals surface area contributed by atoms with Gasteiger partial charge in [0.1, 0.15) is 11.5 Å². The third-order valence-corrected chi connectivity index (χ3v) is 7.26. The van der Waals surface area contributed by atoms with Crippen molar-refractivity contribution in [1.29, 1.82) is 0 Å². The number of benzene rings is 1. The minimum absolute atomic E-state index is 0.166. The van der Waals surface area contributed by atoms with E-state index in [0.29, 0.717) is 18.9 Å². The number of imidazole rings is 1. The Balaban J connectivity index is 1.63. The molecule has 1 aromatic carbocycles. The number of nitrogens with two attached hydrogens (primary N) is 1. The van der Waals surface area contributed by atoms with Crippen molar-refractivity contribution in [3.63, 3.8) is 0 Å². The maximum Gasteiger partial charge on any atom is 0.220 e. The number of nitrogens with one attached hydrogen (secondary N) is 1. The van der Waals surface area contributed by atoms with Gasteiger partial charge in [-0.25, -0.2) is 4.98 Å². The van der Waals surface area contributed by atoms with Crippen LogP contribution in [0.25, 0.3) is 11.3 Å². The molecule has 0 aliphatic heterocycles. The largest absolute Gasteiger partial charge is 0.397 e. The highest BCUT2D eigenvalue weighted by Gasteiger charge is 2.25. The first kappa shape index (κ1) is 26.0. The molecule has 1 heterocycles. The third kappa shape index (κ3) is 6.37. The fourth-order valence-electron chi connectivity index (χ4n) is 4.78. The van der Waals surface area contributed by atoms with Crippen LogP contribution in [0.5, 0.6) is 0 Å². The molecule has 1 aromatic heterocycles. The van der Waals surface area contributed by atoms with Crippen molar-refractivity contribution in [2.45, 2.75) is 92.2 Å². The van der Waals surface area contributed by atoms with E-state index in [1.807, 2.05) is 0 Å². The molecule has 192 valence electrons. The van der Waals surface area contributed by atoms with Crippen LogP contribution in [0, 0.1) is 5.92 Å². The Kier molecular flexibility index (Phi) is 8.50. The molecule has 0 spiro atoms. The number of allylic oxidation sites excluding steroid dienone is 5. The smallest absolute Gasteiger partial charge is 0.220 e. The first-order valence-corrected chi connectivity index (χ1v) is 13.6. The molecule has 0 atom stereocenters. The lowest BCUT2D eigenvalue weighted by molar-refractivity contribution is -0.121. The average Bonchev–Trinajstić information content (AvgIpc) is 3.62. The zero-order chi connectivity index (χ0) is 25.7. The van der Waals surface area contributed by atoms with Gasteiger partial charge in [0.25, 0.3) is 0 Å². The van der Waals surface area contributed by atoms with Crippen LogP contribution >= 0.6 is 0 Å². The van der Waals surface area contributed by atoms with Gasteiger partial charge in [-0.3, -0.25) is 4.79 Å². The Morgan fingerprint density at radius 2 is 1.81 bits per heavy atom. The summed E-state index contributed by atoms with van der Waals surface area (Å²) in [5, 5.41) is 3.07. The number of carbonyl (C=O) groups is 1. The Hall–Kier alpha value is -3.08. The summed E-state index contributed by atoms with van der Waals surface area (Å²) in [5.74, 6) is 1.88. The van der Waals surface area contributed by atoms with E-state index in [1.165, 1.54) is 29.6 Å². The van der Waals surface area contributed by atoms with Gasteiger partial charge in [0.2, 0.25) is 5.91 Å². The van der Waals surface area contributed by atoms with Crippen molar-refractivity contribution in [3.05, 3.63) is 75.9 Å². The number of aromatic nitrogens is 2. The number of unbranched alkanes of at least 4 members (excludes halogenated alkanes) is 1. The minimum atomic E-state index is 0.166. The quantitative estimate of drug-likeness (QED) is 0.379. The van der Waals surface area contributed by atoms with E-state index >= 15 is 0 Å². The molecule has 5 nitrogen and oxygen atoms in total. The zero-order valence-electron chi connectivity index (χ0n) is 22.5. The third-order valence-electron chi connectivity index (χ3n) is 7.26. The molecule has 2 aliphatic carbocycles. The highest BCUT2D eigenvalue weighted by Crippen LogP contribution is 2.35. The second-order valence-electron chi connectivity index (χ2n) is 10.7. The van der Waals surface area contributed by atoms with Crippen LogP contribution in [0.15, 0.2) is 47.6 Å². The molecular weight excluding hydrogens is 444 g/mol. The second kappa shape index (κ2) is 11.8. The van der Waals surface area contributed by atoms with E-state index < -0.39 is 0 Å². The number of nitrogens with zero attached hydrogens (tertiary/aromatic N) is 2. The molecule has 2 aliphatic rings. The zero-order valence-corrected chi connectivity index (χ0v) is 22.5. The Morgan fingerprint density at radius 3 is 2.44 bits per heavy atom. The number of amides is 1. The number of hydrogen-bond acceptors (Lipinski definition) is 3. The van der Waals surface area contributed by atoms with Crippen LogP contribution in [0.4, 0.5) is 0 Å². The summed E-state index contributed by atoms with van der Waals surface area (Å²) in [4.78, 5) is 17.2. The van der Waals surface area contributed by atoms with Gasteiger partial charge in [-0.15, -0.1) is 0 Å². The predicted molar refractivity (Wildman–Crippen MR) is 149 cm³/mol. The maximum absolute atomic E-state index is 12.1. The summed E-state index contributed by atoms with van der Waals surface area (Å²) < 4.78 is 2.39. The van der Waals surface area contributed by atoms with Crippen LogP contribution in [0.2, 0.25) is 0 Å². The summed E-state index contributed by atoms with van der Waals surface area (Å²) in [5.41, 5.74) is 15.5. The molecule has 5 heteroatoms. The van der Waals surface area contributed by atoms with E-state index in [2.05, 4.69) is 74.0 Å². The lowest BCUT2D eigenvalue weighted by atomic mass is 9.94. The van der Waals surface area contributed by atoms with Crippen molar-refractivity contribution in [1.82, 2.24) is 14.9 Å². The van der Waals surface area contributed by atoms with Gasteiger partial charge in [0.15, 0.2) is 0 Å². The van der Waals surface area contributed by atoms with Crippen LogP contribution in [-0.2, 0) is 24.3 Å². The highest BCUT2D eigenvalue weighted by molar-refractivity contribution is 5.84. The van der Waals surface area contributed by atoms with Crippen LogP contribution in [0.1, 0.15) is 101 Å². The molecule has 1 fully saturated rings. The van der Waals surface area contributed by atoms with E-state index in [0.717, 1.165) is 72.7 Å². The molecule has 3 N–H and O–H groups in total. The van der Waals surface area contributed by atoms with Gasteiger partial charge >= 0.3 is 0 Å². The molecule has 4 rings (SSSR count). The van der Waals surface area contributed by atoms with Gasteiger partial charge in [0.05, 0.1) is 11.4 Å². The van der Waals surface area contributed by atoms with E-state index in [4.69, 9.17) is 10.7 Å². The molecule has 2 aromatic rings. The standard InChI is InChI=1S/C31H42N4O/c1-5-6-11-27-34-30(29(32)21(2)3)31(26-10-8-7-9-22(26)4)35(27)20-25-16-14-24(15-17-25)19-33-28(36)18-23-12-13-23/h9-10,14-17,23H,5-8,11-13,18-20,32H2,1-4H3,(H,33,36). The SMILES string of the molecule is CCCCc1nc(C(N)=C(C)C)c(C2=CCCC=C2C)n1Cc1ccc(CNC(=O)CC2CC2)cc1. The Morgan fingerprint density at radius 1 is 1.11 bits per heavy atom. The van der Waals surface area contributed by atoms with Crippen molar-refractivity contribution in [3.8, 4) is 0 Å². The molecule has 1 saturated carbocycles. The van der Waals surface area contributed by atoms with Gasteiger partial charge < -0.3 is 15.6 Å². The fourth-order valence-corrected chi connectivity index (χ4v) is 4.78. The summed E-state index contributed by atoms with van der Waals surface area (Å²) >= 11 is 0. The number of carbonyl (C=O) groups excluding carboxylic acids is 1. The molecule has 0 saturated heterocycles. The normalized spacial score (nSPS) is 15.3. The number of aryl methyl sites for hydroxylation is 1. The monoisotopic (exact) mass is 486 g/mol. The van der Waals surface area contributed by atoms with Gasteiger partial charge in [-0.05, 0) is 81.1 Å². The lowest BCUT2D eigenvalue weighted by Gasteiger charge is -2.19. The molecule has 0 radical (unpaired) electrons. The van der Waals surface area contributed by atoms with E-state index in [9.17, 15) is 4.79 Å². The predicted octanol–water partition coefficient (Wildman–Crippen LogP) is 6.52. The molecule has 0 bridgehead atoms. The summed E-state index contributed by atoms with van der Waals surface area (Å²) in [6.45, 7) is 9.87. The highest BCUT2D eigenvalue weighted by atomic mass is 16.1. The first-order chi connectivity index (χ1) is 17.4. The van der Waals surface area contributed by atoms with Crippen LogP contribution in [0.3, 0.4) is 0 Å². The molecular formula is C31H42N4O. The van der Waals surface area contributed by atoms with Gasteiger partial charge in [0, 0.05) is 25.9 Å². The van der Waals surface area contributed by atoms with Gasteiger partial charge in [-0.1, -0.05) is 55.3 Å². The first-order valence-electron chi connectivity index (χ1n) is 13.6. The van der Waals surface area contributed by atoms with Crippen molar-refractivity contribution in [2.75, 3.05) is 0 Å². The van der Waals surface area contributed by atoms with Gasteiger partial charge in [-0.2, -0.15) is 0 Å². The summed E-state index contributed by atoms with van der Waals surface area (Å²) in [7, 11) is 0. The van der Waals surface area contributed by atoms with Crippen molar-refractivity contribution >= 4 is 17.2 Å².